The molecule has 1 aromatic carbocycles. The summed E-state index contributed by atoms with van der Waals surface area (Å²) >= 11 is 0. The van der Waals surface area contributed by atoms with E-state index >= 15 is 0 Å². The number of carbonyl (C=O) groups is 2. The van der Waals surface area contributed by atoms with Crippen molar-refractivity contribution in [3.63, 3.8) is 0 Å². The summed E-state index contributed by atoms with van der Waals surface area (Å²) in [5.41, 5.74) is 1.94. The van der Waals surface area contributed by atoms with Crippen LogP contribution in [0.4, 0.5) is 0 Å². The van der Waals surface area contributed by atoms with E-state index in [-0.39, 0.29) is 12.5 Å². The van der Waals surface area contributed by atoms with Crippen molar-refractivity contribution in [3.05, 3.63) is 59.4 Å². The summed E-state index contributed by atoms with van der Waals surface area (Å²) in [5, 5.41) is 12.1. The number of nitrogens with one attached hydrogen (secondary N) is 1. The summed E-state index contributed by atoms with van der Waals surface area (Å²) in [4.78, 5) is 27.7. The third-order valence-corrected chi connectivity index (χ3v) is 3.80. The Bertz CT molecular complexity index is 728. The van der Waals surface area contributed by atoms with E-state index in [0.717, 1.165) is 16.9 Å². The van der Waals surface area contributed by atoms with Gasteiger partial charge in [-0.2, -0.15) is 0 Å². The number of aryl methyl sites for hydroxylation is 1. The Morgan fingerprint density at radius 2 is 1.96 bits per heavy atom. The van der Waals surface area contributed by atoms with Crippen molar-refractivity contribution in [2.75, 3.05) is 13.2 Å². The molecule has 1 aromatic heterocycles. The molecule has 1 atom stereocenters. The van der Waals surface area contributed by atoms with Crippen LogP contribution >= 0.6 is 0 Å². The van der Waals surface area contributed by atoms with Crippen molar-refractivity contribution < 1.29 is 19.4 Å². The Balaban J connectivity index is 1.98. The molecule has 0 aliphatic rings. The first-order chi connectivity index (χ1) is 12.0. The quantitative estimate of drug-likeness (QED) is 0.769. The van der Waals surface area contributed by atoms with Crippen LogP contribution in [0.15, 0.2) is 42.6 Å². The number of benzene rings is 1. The molecule has 0 aliphatic heterocycles. The SMILES string of the molecule is CCOc1ccc(CC(CNC(=O)c2ncccc2C)C(=O)O)cc1. The zero-order valence-corrected chi connectivity index (χ0v) is 14.4. The summed E-state index contributed by atoms with van der Waals surface area (Å²) in [7, 11) is 0. The van der Waals surface area contributed by atoms with E-state index in [1.165, 1.54) is 6.20 Å². The Morgan fingerprint density at radius 3 is 2.56 bits per heavy atom. The maximum Gasteiger partial charge on any atom is 0.308 e. The van der Waals surface area contributed by atoms with Crippen molar-refractivity contribution in [2.24, 2.45) is 5.92 Å². The van der Waals surface area contributed by atoms with Crippen LogP contribution in [0.25, 0.3) is 0 Å². The van der Waals surface area contributed by atoms with Gasteiger partial charge in [0.05, 0.1) is 12.5 Å². The van der Waals surface area contributed by atoms with Crippen LogP contribution in [0, 0.1) is 12.8 Å². The van der Waals surface area contributed by atoms with Crippen LogP contribution in [-0.4, -0.2) is 35.1 Å². The number of aliphatic carboxylic acids is 1. The van der Waals surface area contributed by atoms with Crippen molar-refractivity contribution in [1.29, 1.82) is 0 Å². The number of carbonyl (C=O) groups excluding carboxylic acids is 1. The van der Waals surface area contributed by atoms with E-state index < -0.39 is 11.9 Å². The third kappa shape index (κ3) is 5.31. The van der Waals surface area contributed by atoms with E-state index in [9.17, 15) is 14.7 Å². The molecule has 0 radical (unpaired) electrons. The van der Waals surface area contributed by atoms with Crippen LogP contribution in [-0.2, 0) is 11.2 Å². The Morgan fingerprint density at radius 1 is 1.24 bits per heavy atom. The minimum atomic E-state index is -0.952. The summed E-state index contributed by atoms with van der Waals surface area (Å²) in [5.74, 6) is -1.29. The van der Waals surface area contributed by atoms with Gasteiger partial charge >= 0.3 is 5.97 Å². The van der Waals surface area contributed by atoms with Gasteiger partial charge in [0.2, 0.25) is 0 Å². The number of nitrogens with zero attached hydrogens (tertiary/aromatic N) is 1. The van der Waals surface area contributed by atoms with Crippen LogP contribution in [0.2, 0.25) is 0 Å². The lowest BCUT2D eigenvalue weighted by Crippen LogP contribution is -2.34. The van der Waals surface area contributed by atoms with Gasteiger partial charge in [0, 0.05) is 12.7 Å². The lowest BCUT2D eigenvalue weighted by atomic mass is 9.99. The highest BCUT2D eigenvalue weighted by Crippen LogP contribution is 2.15. The average molecular weight is 342 g/mol. The summed E-state index contributed by atoms with van der Waals surface area (Å²) in [6, 6.07) is 10.8. The van der Waals surface area contributed by atoms with Crippen molar-refractivity contribution in [2.45, 2.75) is 20.3 Å². The van der Waals surface area contributed by atoms with E-state index in [1.54, 1.807) is 19.1 Å². The number of aromatic nitrogens is 1. The minimum absolute atomic E-state index is 0.0391. The van der Waals surface area contributed by atoms with Crippen molar-refractivity contribution >= 4 is 11.9 Å². The highest BCUT2D eigenvalue weighted by atomic mass is 16.5. The first-order valence-corrected chi connectivity index (χ1v) is 8.15. The van der Waals surface area contributed by atoms with Gasteiger partial charge in [0.1, 0.15) is 11.4 Å². The average Bonchev–Trinajstić information content (AvgIpc) is 2.60. The van der Waals surface area contributed by atoms with Gasteiger partial charge in [-0.05, 0) is 49.6 Å². The van der Waals surface area contributed by atoms with Crippen LogP contribution < -0.4 is 10.1 Å². The fourth-order valence-electron chi connectivity index (χ4n) is 2.44. The molecule has 2 N–H and O–H groups in total. The predicted octanol–water partition coefficient (Wildman–Crippen LogP) is 2.46. The van der Waals surface area contributed by atoms with E-state index in [2.05, 4.69) is 10.3 Å². The van der Waals surface area contributed by atoms with Crippen LogP contribution in [0.5, 0.6) is 5.75 Å². The Hall–Kier alpha value is -2.89. The van der Waals surface area contributed by atoms with Gasteiger partial charge in [0.25, 0.3) is 5.91 Å². The molecule has 25 heavy (non-hydrogen) atoms. The fourth-order valence-corrected chi connectivity index (χ4v) is 2.44. The van der Waals surface area contributed by atoms with E-state index in [4.69, 9.17) is 4.74 Å². The molecule has 0 bridgehead atoms. The maximum atomic E-state index is 12.2. The van der Waals surface area contributed by atoms with Gasteiger partial charge in [0.15, 0.2) is 0 Å². The molecule has 0 fully saturated rings. The smallest absolute Gasteiger partial charge is 0.308 e. The Kier molecular flexibility index (Phi) is 6.51. The number of ether oxygens (including phenoxy) is 1. The van der Waals surface area contributed by atoms with Gasteiger partial charge in [-0.1, -0.05) is 18.2 Å². The molecule has 0 aliphatic carbocycles. The molecule has 132 valence electrons. The molecule has 1 heterocycles. The lowest BCUT2D eigenvalue weighted by molar-refractivity contribution is -0.141. The van der Waals surface area contributed by atoms with Crippen LogP contribution in [0.1, 0.15) is 28.5 Å². The van der Waals surface area contributed by atoms with Gasteiger partial charge in [-0.3, -0.25) is 14.6 Å². The minimum Gasteiger partial charge on any atom is -0.494 e. The zero-order valence-electron chi connectivity index (χ0n) is 14.4. The van der Waals surface area contributed by atoms with E-state index in [1.807, 2.05) is 31.2 Å². The molecule has 1 amide bonds. The summed E-state index contributed by atoms with van der Waals surface area (Å²) < 4.78 is 5.37. The monoisotopic (exact) mass is 342 g/mol. The molecule has 1 unspecified atom stereocenters. The van der Waals surface area contributed by atoms with Crippen molar-refractivity contribution in [3.8, 4) is 5.75 Å². The molecular formula is C19H22N2O4. The normalized spacial score (nSPS) is 11.6. The molecule has 2 rings (SSSR count). The topological polar surface area (TPSA) is 88.5 Å². The number of amides is 1. The fraction of sp³-hybridized carbons (Fsp3) is 0.316. The predicted molar refractivity (Wildman–Crippen MR) is 93.7 cm³/mol. The lowest BCUT2D eigenvalue weighted by Gasteiger charge is -2.14. The number of hydrogen-bond acceptors (Lipinski definition) is 4. The number of carboxylic acids is 1. The highest BCUT2D eigenvalue weighted by molar-refractivity contribution is 5.93. The molecular weight excluding hydrogens is 320 g/mol. The second-order valence-electron chi connectivity index (χ2n) is 5.70. The molecule has 6 heteroatoms. The maximum absolute atomic E-state index is 12.2. The molecule has 0 saturated heterocycles. The molecule has 6 nitrogen and oxygen atoms in total. The van der Waals surface area contributed by atoms with E-state index in [0.29, 0.717) is 18.7 Å². The Labute approximate surface area is 146 Å². The number of rotatable bonds is 8. The number of pyridine rings is 1. The van der Waals surface area contributed by atoms with Gasteiger partial charge in [-0.15, -0.1) is 0 Å². The highest BCUT2D eigenvalue weighted by Gasteiger charge is 2.20. The summed E-state index contributed by atoms with van der Waals surface area (Å²) in [6.45, 7) is 4.31. The zero-order chi connectivity index (χ0) is 18.2. The molecule has 2 aromatic rings. The first kappa shape index (κ1) is 18.4. The summed E-state index contributed by atoms with van der Waals surface area (Å²) in [6.07, 6.45) is 1.86. The molecule has 0 saturated carbocycles. The third-order valence-electron chi connectivity index (χ3n) is 3.80. The standard InChI is InChI=1S/C19H22N2O4/c1-3-25-16-8-6-14(7-9-16)11-15(19(23)24)12-21-18(22)17-13(2)5-4-10-20-17/h4-10,15H,3,11-12H2,1-2H3,(H,21,22)(H,23,24). The van der Waals surface area contributed by atoms with Gasteiger partial charge in [-0.25, -0.2) is 0 Å². The van der Waals surface area contributed by atoms with Gasteiger partial charge < -0.3 is 15.2 Å². The largest absolute Gasteiger partial charge is 0.494 e. The number of carboxylic acid groups (broad SMARTS) is 1. The van der Waals surface area contributed by atoms with Crippen molar-refractivity contribution in [1.82, 2.24) is 10.3 Å². The second-order valence-corrected chi connectivity index (χ2v) is 5.70. The van der Waals surface area contributed by atoms with Crippen LogP contribution in [0.3, 0.4) is 0 Å². The first-order valence-electron chi connectivity index (χ1n) is 8.15. The number of hydrogen-bond donors (Lipinski definition) is 2. The second kappa shape index (κ2) is 8.82. The molecule has 0 spiro atoms.